The van der Waals surface area contributed by atoms with Crippen molar-refractivity contribution in [3.63, 3.8) is 0 Å². The molecule has 0 N–H and O–H groups in total. The number of rotatable bonds is 23. The predicted octanol–water partition coefficient (Wildman–Crippen LogP) is 8.74. The highest BCUT2D eigenvalue weighted by molar-refractivity contribution is 5.77. The van der Waals surface area contributed by atoms with E-state index in [4.69, 9.17) is 33.2 Å². The van der Waals surface area contributed by atoms with Crippen molar-refractivity contribution in [2.24, 2.45) is 27.6 Å². The first-order chi connectivity index (χ1) is 25.7. The lowest BCUT2D eigenvalue weighted by Gasteiger charge is -2.20. The molecule has 1 atom stereocenters. The van der Waals surface area contributed by atoms with Crippen LogP contribution >= 0.6 is 0 Å². The molecule has 0 aromatic heterocycles. The predicted molar refractivity (Wildman–Crippen MR) is 215 cm³/mol. The van der Waals surface area contributed by atoms with Gasteiger partial charge in [0.15, 0.2) is 26.2 Å². The summed E-state index contributed by atoms with van der Waals surface area (Å²) >= 11 is 0. The Hall–Kier alpha value is -3.10. The average molecular weight is 809 g/mol. The van der Waals surface area contributed by atoms with Gasteiger partial charge in [0.25, 0.3) is 0 Å². The molecular weight excluding hydrogens is 728 g/mol. The smallest absolute Gasteiger partial charge is 0.314 e. The van der Waals surface area contributed by atoms with Gasteiger partial charge in [0, 0.05) is 6.42 Å². The number of carbonyl (C=O) groups is 6. The molecule has 0 saturated carbocycles. The van der Waals surface area contributed by atoms with Gasteiger partial charge in [0.2, 0.25) is 6.79 Å². The van der Waals surface area contributed by atoms with E-state index in [1.165, 1.54) is 6.92 Å². The Kier molecular flexibility index (Phi) is 34.0. The maximum atomic E-state index is 11.5. The number of carbonyl (C=O) groups excluding carboxylic acids is 6. The molecular formula is C42H80O14. The number of hydrogen-bond acceptors (Lipinski definition) is 14. The molecule has 56 heavy (non-hydrogen) atoms. The second-order valence-electron chi connectivity index (χ2n) is 16.2. The fourth-order valence-electron chi connectivity index (χ4n) is 2.59. The van der Waals surface area contributed by atoms with Crippen molar-refractivity contribution in [2.75, 3.05) is 40.4 Å². The molecule has 0 spiro atoms. The molecule has 14 heteroatoms. The van der Waals surface area contributed by atoms with Crippen molar-refractivity contribution in [3.05, 3.63) is 0 Å². The first-order valence-electron chi connectivity index (χ1n) is 19.8. The zero-order valence-corrected chi connectivity index (χ0v) is 38.4. The maximum Gasteiger partial charge on any atom is 0.314 e. The molecule has 0 aliphatic heterocycles. The second-order valence-corrected chi connectivity index (χ2v) is 16.2. The van der Waals surface area contributed by atoms with Gasteiger partial charge in [-0.05, 0) is 107 Å². The minimum atomic E-state index is -0.515. The van der Waals surface area contributed by atoms with E-state index in [0.717, 1.165) is 19.3 Å². The monoisotopic (exact) mass is 809 g/mol. The Morgan fingerprint density at radius 2 is 0.821 bits per heavy atom. The number of esters is 5. The van der Waals surface area contributed by atoms with Crippen LogP contribution in [0.3, 0.4) is 0 Å². The van der Waals surface area contributed by atoms with Gasteiger partial charge >= 0.3 is 29.8 Å². The molecule has 0 aliphatic rings. The lowest BCUT2D eigenvalue weighted by molar-refractivity contribution is -0.174. The minimum Gasteiger partial charge on any atom is -0.438 e. The summed E-state index contributed by atoms with van der Waals surface area (Å²) in [6.45, 7) is 33.9. The van der Waals surface area contributed by atoms with Gasteiger partial charge in [-0.25, -0.2) is 0 Å². The van der Waals surface area contributed by atoms with Gasteiger partial charge in [0.05, 0.1) is 34.4 Å². The molecule has 0 aromatic rings. The van der Waals surface area contributed by atoms with Gasteiger partial charge in [-0.1, -0.05) is 55.4 Å². The zero-order chi connectivity index (χ0) is 44.8. The van der Waals surface area contributed by atoms with Crippen LogP contribution in [0.4, 0.5) is 0 Å². The topological polar surface area (TPSA) is 176 Å². The summed E-state index contributed by atoms with van der Waals surface area (Å²) in [6, 6.07) is 0. The van der Waals surface area contributed by atoms with Crippen LogP contribution in [0.5, 0.6) is 0 Å². The van der Waals surface area contributed by atoms with Crippen LogP contribution in [-0.4, -0.2) is 82.1 Å². The molecule has 0 aliphatic carbocycles. The Labute approximate surface area is 339 Å². The van der Waals surface area contributed by atoms with Crippen LogP contribution < -0.4 is 0 Å². The lowest BCUT2D eigenvalue weighted by Crippen LogP contribution is -2.27. The molecule has 14 nitrogen and oxygen atoms in total. The molecule has 1 unspecified atom stereocenters. The van der Waals surface area contributed by atoms with Crippen LogP contribution in [0, 0.1) is 27.6 Å². The van der Waals surface area contributed by atoms with E-state index < -0.39 is 21.7 Å². The quantitative estimate of drug-likeness (QED) is 0.0414. The first-order valence-corrected chi connectivity index (χ1v) is 19.8. The molecule has 0 aromatic carbocycles. The third-order valence-corrected chi connectivity index (χ3v) is 8.87. The lowest BCUT2D eigenvalue weighted by atomic mass is 9.91. The van der Waals surface area contributed by atoms with Gasteiger partial charge in [-0.2, -0.15) is 0 Å². The van der Waals surface area contributed by atoms with E-state index >= 15 is 0 Å². The summed E-state index contributed by atoms with van der Waals surface area (Å²) in [5, 5.41) is 0. The van der Waals surface area contributed by atoms with Crippen molar-refractivity contribution >= 4 is 35.6 Å². The van der Waals surface area contributed by atoms with E-state index in [9.17, 15) is 28.8 Å². The van der Waals surface area contributed by atoms with Crippen molar-refractivity contribution < 1.29 is 66.7 Å². The number of ketones is 1. The van der Waals surface area contributed by atoms with E-state index in [1.54, 1.807) is 34.6 Å². The third-order valence-electron chi connectivity index (χ3n) is 8.87. The van der Waals surface area contributed by atoms with E-state index in [2.05, 4.69) is 18.6 Å². The highest BCUT2D eigenvalue weighted by Gasteiger charge is 2.29. The van der Waals surface area contributed by atoms with Crippen LogP contribution in [0.1, 0.15) is 163 Å². The normalized spacial score (nSPS) is 11.9. The standard InChI is InChI=1S/2C11H22O3.2C10H18O4/c1-6-11(4,5)10(12)14-8-13-7-9(2)3;1-6-9(3)13-8-14-10(12)11(4,5)7-2;1-5-10(3,4)9(12)14-7-13-6-8(2)11;1-5-8(11)13-7-14-9(12)10(3,4)6-2/h2*9H,6-8H2,1-5H3;2*5-7H2,1-4H3. The van der Waals surface area contributed by atoms with E-state index in [0.29, 0.717) is 25.4 Å². The van der Waals surface area contributed by atoms with E-state index in [1.807, 2.05) is 69.2 Å². The summed E-state index contributed by atoms with van der Waals surface area (Å²) < 4.78 is 39.5. The van der Waals surface area contributed by atoms with Gasteiger partial charge < -0.3 is 37.9 Å². The highest BCUT2D eigenvalue weighted by Crippen LogP contribution is 2.23. The second kappa shape index (κ2) is 31.9. The van der Waals surface area contributed by atoms with Crippen LogP contribution in [-0.2, 0) is 66.7 Å². The molecule has 0 bridgehead atoms. The number of Topliss-reactive ketones (excluding diaryl/α,β-unsaturated/α-hetero) is 1. The molecule has 332 valence electrons. The molecule has 0 saturated heterocycles. The van der Waals surface area contributed by atoms with Crippen LogP contribution in [0.15, 0.2) is 0 Å². The van der Waals surface area contributed by atoms with E-state index in [-0.39, 0.29) is 81.9 Å². The molecule has 0 amide bonds. The summed E-state index contributed by atoms with van der Waals surface area (Å²) in [5.41, 5.74) is -1.81. The summed E-state index contributed by atoms with van der Waals surface area (Å²) in [5.74, 6) is -1.02. The zero-order valence-electron chi connectivity index (χ0n) is 38.4. The average Bonchev–Trinajstić information content (AvgIpc) is 3.14. The van der Waals surface area contributed by atoms with Gasteiger partial charge in [-0.15, -0.1) is 0 Å². The summed E-state index contributed by atoms with van der Waals surface area (Å²) in [6.07, 6.45) is 4.30. The Morgan fingerprint density at radius 3 is 1.12 bits per heavy atom. The maximum absolute atomic E-state index is 11.5. The molecule has 0 heterocycles. The van der Waals surface area contributed by atoms with Crippen molar-refractivity contribution in [1.82, 2.24) is 0 Å². The Balaban J connectivity index is -0.000000322. The summed E-state index contributed by atoms with van der Waals surface area (Å²) in [4.78, 5) is 66.8. The summed E-state index contributed by atoms with van der Waals surface area (Å²) in [7, 11) is 0. The molecule has 0 fully saturated rings. The highest BCUT2D eigenvalue weighted by atomic mass is 16.7. The van der Waals surface area contributed by atoms with Crippen molar-refractivity contribution in [3.8, 4) is 0 Å². The Bertz CT molecular complexity index is 1110. The minimum absolute atomic E-state index is 0.0141. The number of ether oxygens (including phenoxy) is 8. The van der Waals surface area contributed by atoms with Crippen molar-refractivity contribution in [2.45, 2.75) is 169 Å². The van der Waals surface area contributed by atoms with Crippen LogP contribution in [0.25, 0.3) is 0 Å². The van der Waals surface area contributed by atoms with Crippen LogP contribution in [0.2, 0.25) is 0 Å². The fraction of sp³-hybridized carbons (Fsp3) is 0.857. The SMILES string of the molecule is CCC(=O)OCOC(=O)C(C)(C)CC.CCC(C)(C)C(=O)OCOCC(C)=O.CCC(C)(C)C(=O)OCOCC(C)C.CCC(C)OCOC(=O)C(C)(C)CC. The molecule has 0 radical (unpaired) electrons. The van der Waals surface area contributed by atoms with Gasteiger partial charge in [-0.3, -0.25) is 28.8 Å². The first kappa shape index (κ1) is 59.6. The molecule has 0 rings (SSSR count). The Morgan fingerprint density at radius 1 is 0.482 bits per heavy atom. The fourth-order valence-corrected chi connectivity index (χ4v) is 2.59. The van der Waals surface area contributed by atoms with Gasteiger partial charge in [0.1, 0.15) is 6.61 Å². The number of hydrogen-bond donors (Lipinski definition) is 0. The van der Waals surface area contributed by atoms with Crippen molar-refractivity contribution in [1.29, 1.82) is 0 Å². The third kappa shape index (κ3) is 32.0. The largest absolute Gasteiger partial charge is 0.438 e.